The van der Waals surface area contributed by atoms with Gasteiger partial charge in [0.25, 0.3) is 5.91 Å². The van der Waals surface area contributed by atoms with Crippen molar-refractivity contribution in [3.63, 3.8) is 0 Å². The minimum absolute atomic E-state index is 0. The van der Waals surface area contributed by atoms with E-state index in [0.29, 0.717) is 17.3 Å². The Morgan fingerprint density at radius 2 is 1.76 bits per heavy atom. The van der Waals surface area contributed by atoms with Crippen LogP contribution in [0, 0.1) is 0 Å². The molecule has 9 heteroatoms. The molecule has 1 unspecified atom stereocenters. The van der Waals surface area contributed by atoms with Crippen molar-refractivity contribution in [3.05, 3.63) is 65.1 Å². The van der Waals surface area contributed by atoms with Gasteiger partial charge in [0.15, 0.2) is 0 Å². The fourth-order valence-corrected chi connectivity index (χ4v) is 4.09. The van der Waals surface area contributed by atoms with Crippen LogP contribution in [-0.4, -0.2) is 32.9 Å². The molecule has 0 bridgehead atoms. The zero-order valence-electron chi connectivity index (χ0n) is 23.6. The number of anilines is 4. The molecule has 5 N–H and O–H groups in total. The van der Waals surface area contributed by atoms with Gasteiger partial charge in [-0.2, -0.15) is 4.98 Å². The van der Waals surface area contributed by atoms with E-state index in [2.05, 4.69) is 63.8 Å². The molecule has 0 spiro atoms. The summed E-state index contributed by atoms with van der Waals surface area (Å²) in [5.74, 6) is 0.590. The highest BCUT2D eigenvalue weighted by molar-refractivity contribution is 14.0. The quantitative estimate of drug-likeness (QED) is 0.229. The molecule has 1 aliphatic rings. The number of carbonyl (C=O) groups excluding carboxylic acids is 1. The summed E-state index contributed by atoms with van der Waals surface area (Å²) in [4.78, 5) is 26.5. The standard InChI is InChI=1S/C27H35N7O.C2H6.HI.H2/c1-16(2)31-25(35)22-15-30-26(33-20-9-7-17-6-8-19(28)12-18(17)13-20)34-24(22)32-21-10-11-29-23(14-21)27(3,4)5;1-2;;/h7,9-11,13-16,19H,6,8,12,28H2,1-5H3,(H,31,35)(H2,29,30,32,33,34);1-2H3;2*1H. The summed E-state index contributed by atoms with van der Waals surface area (Å²) in [5.41, 5.74) is 11.7. The van der Waals surface area contributed by atoms with Crippen LogP contribution in [-0.2, 0) is 18.3 Å². The second kappa shape index (κ2) is 13.8. The number of rotatable bonds is 6. The molecule has 1 aliphatic carbocycles. The smallest absolute Gasteiger partial charge is 0.256 e. The van der Waals surface area contributed by atoms with Gasteiger partial charge in [-0.25, -0.2) is 4.98 Å². The van der Waals surface area contributed by atoms with Crippen molar-refractivity contribution in [2.75, 3.05) is 10.6 Å². The van der Waals surface area contributed by atoms with E-state index in [1.54, 1.807) is 12.4 Å². The van der Waals surface area contributed by atoms with E-state index in [1.807, 2.05) is 45.9 Å². The van der Waals surface area contributed by atoms with E-state index in [-0.39, 0.29) is 48.8 Å². The van der Waals surface area contributed by atoms with Gasteiger partial charge >= 0.3 is 0 Å². The van der Waals surface area contributed by atoms with Gasteiger partial charge in [-0.15, -0.1) is 24.0 Å². The van der Waals surface area contributed by atoms with Gasteiger partial charge < -0.3 is 21.7 Å². The first kappa shape index (κ1) is 31.4. The van der Waals surface area contributed by atoms with Crippen molar-refractivity contribution in [3.8, 4) is 0 Å². The van der Waals surface area contributed by atoms with Crippen LogP contribution in [0.15, 0.2) is 42.7 Å². The number of halogens is 1. The van der Waals surface area contributed by atoms with E-state index >= 15 is 0 Å². The zero-order chi connectivity index (χ0) is 27.2. The third-order valence-electron chi connectivity index (χ3n) is 5.97. The molecule has 1 atom stereocenters. The minimum atomic E-state index is -0.234. The van der Waals surface area contributed by atoms with Crippen molar-refractivity contribution < 1.29 is 6.22 Å². The topological polar surface area (TPSA) is 118 Å². The van der Waals surface area contributed by atoms with Crippen molar-refractivity contribution in [2.24, 2.45) is 5.73 Å². The minimum Gasteiger partial charge on any atom is -0.350 e. The van der Waals surface area contributed by atoms with Crippen LogP contribution >= 0.6 is 24.0 Å². The molecule has 0 saturated heterocycles. The first-order valence-electron chi connectivity index (χ1n) is 13.1. The normalized spacial score (nSPS) is 14.4. The SMILES string of the molecule is CC.CC(C)NC(=O)c1cnc(Nc2ccc3c(c2)CC(N)CC3)nc1Nc1ccnc(C(C)(C)C)c1.I.[HH]. The van der Waals surface area contributed by atoms with E-state index in [0.717, 1.165) is 36.3 Å². The molecule has 2 heterocycles. The summed E-state index contributed by atoms with van der Waals surface area (Å²) in [7, 11) is 0. The molecule has 1 aromatic carbocycles. The van der Waals surface area contributed by atoms with Gasteiger partial charge in [0.1, 0.15) is 11.4 Å². The second-order valence-electron chi connectivity index (χ2n) is 10.5. The Kier molecular flexibility index (Phi) is 11.4. The van der Waals surface area contributed by atoms with E-state index in [4.69, 9.17) is 5.73 Å². The molecule has 0 aliphatic heterocycles. The molecule has 38 heavy (non-hydrogen) atoms. The van der Waals surface area contributed by atoms with Gasteiger partial charge in [0.05, 0.1) is 0 Å². The summed E-state index contributed by atoms with van der Waals surface area (Å²) < 4.78 is 0. The molecule has 8 nitrogen and oxygen atoms in total. The van der Waals surface area contributed by atoms with Crippen LogP contribution in [0.3, 0.4) is 0 Å². The highest BCUT2D eigenvalue weighted by Crippen LogP contribution is 2.28. The molecule has 0 fully saturated rings. The maximum atomic E-state index is 12.9. The summed E-state index contributed by atoms with van der Waals surface area (Å²) in [6.07, 6.45) is 6.20. The Morgan fingerprint density at radius 1 is 1.05 bits per heavy atom. The fraction of sp³-hybridized carbons (Fsp3) is 0.448. The molecule has 208 valence electrons. The second-order valence-corrected chi connectivity index (χ2v) is 10.5. The Labute approximate surface area is 245 Å². The molecule has 2 aromatic heterocycles. The Balaban J connectivity index is 0.00000186. The Bertz CT molecular complexity index is 1230. The van der Waals surface area contributed by atoms with Crippen LogP contribution < -0.4 is 21.7 Å². The molecular formula is C29H44IN7O. The van der Waals surface area contributed by atoms with Crippen LogP contribution in [0.1, 0.15) is 83.5 Å². The predicted molar refractivity (Wildman–Crippen MR) is 169 cm³/mol. The maximum absolute atomic E-state index is 12.9. The van der Waals surface area contributed by atoms with Crippen molar-refractivity contribution >= 4 is 53.0 Å². The lowest BCUT2D eigenvalue weighted by Crippen LogP contribution is -2.31. The highest BCUT2D eigenvalue weighted by Gasteiger charge is 2.20. The summed E-state index contributed by atoms with van der Waals surface area (Å²) in [6.45, 7) is 14.2. The number of benzene rings is 1. The highest BCUT2D eigenvalue weighted by atomic mass is 127. The lowest BCUT2D eigenvalue weighted by Gasteiger charge is -2.22. The molecule has 3 aromatic rings. The lowest BCUT2D eigenvalue weighted by molar-refractivity contribution is 0.0943. The van der Waals surface area contributed by atoms with Gasteiger partial charge in [-0.1, -0.05) is 40.7 Å². The van der Waals surface area contributed by atoms with E-state index in [9.17, 15) is 4.79 Å². The number of hydrogen-bond donors (Lipinski definition) is 4. The number of nitrogens with zero attached hydrogens (tertiary/aromatic N) is 3. The van der Waals surface area contributed by atoms with Gasteiger partial charge in [-0.3, -0.25) is 9.78 Å². The van der Waals surface area contributed by atoms with Crippen LogP contribution in [0.25, 0.3) is 0 Å². The average Bonchev–Trinajstić information content (AvgIpc) is 2.84. The van der Waals surface area contributed by atoms with Gasteiger partial charge in [0.2, 0.25) is 5.95 Å². The number of carbonyl (C=O) groups is 1. The first-order chi connectivity index (χ1) is 17.6. The summed E-state index contributed by atoms with van der Waals surface area (Å²) in [6, 6.07) is 10.3. The molecule has 1 amide bonds. The van der Waals surface area contributed by atoms with Crippen LogP contribution in [0.2, 0.25) is 0 Å². The third-order valence-corrected chi connectivity index (χ3v) is 5.97. The van der Waals surface area contributed by atoms with Crippen molar-refractivity contribution in [1.29, 1.82) is 0 Å². The van der Waals surface area contributed by atoms with E-state index < -0.39 is 0 Å². The number of hydrogen-bond acceptors (Lipinski definition) is 7. The average molecular weight is 634 g/mol. The maximum Gasteiger partial charge on any atom is 0.256 e. The third kappa shape index (κ3) is 8.36. The Morgan fingerprint density at radius 3 is 2.45 bits per heavy atom. The zero-order valence-corrected chi connectivity index (χ0v) is 25.9. The predicted octanol–water partition coefficient (Wildman–Crippen LogP) is 6.50. The lowest BCUT2D eigenvalue weighted by atomic mass is 9.88. The number of aryl methyl sites for hydroxylation is 1. The summed E-state index contributed by atoms with van der Waals surface area (Å²) in [5, 5.41) is 9.53. The molecular weight excluding hydrogens is 589 g/mol. The Hall–Kier alpha value is -2.79. The van der Waals surface area contributed by atoms with Gasteiger partial charge in [-0.05, 0) is 68.5 Å². The number of fused-ring (bicyclic) bond motifs is 1. The molecule has 4 rings (SSSR count). The van der Waals surface area contributed by atoms with Crippen LogP contribution in [0.4, 0.5) is 23.1 Å². The first-order valence-corrected chi connectivity index (χ1v) is 13.1. The monoisotopic (exact) mass is 633 g/mol. The van der Waals surface area contributed by atoms with Crippen molar-refractivity contribution in [1.82, 2.24) is 20.3 Å². The summed E-state index contributed by atoms with van der Waals surface area (Å²) >= 11 is 0. The number of amides is 1. The largest absolute Gasteiger partial charge is 0.350 e. The number of aromatic nitrogens is 3. The van der Waals surface area contributed by atoms with Crippen LogP contribution in [0.5, 0.6) is 0 Å². The van der Waals surface area contributed by atoms with Gasteiger partial charge in [0, 0.05) is 48.4 Å². The van der Waals surface area contributed by atoms with E-state index in [1.165, 1.54) is 11.1 Å². The fourth-order valence-electron chi connectivity index (χ4n) is 4.09. The van der Waals surface area contributed by atoms with Crippen molar-refractivity contribution in [2.45, 2.75) is 85.2 Å². The molecule has 0 radical (unpaired) electrons. The number of nitrogens with two attached hydrogens (primary N) is 1. The number of nitrogens with one attached hydrogen (secondary N) is 3. The molecule has 0 saturated carbocycles. The number of pyridine rings is 1.